The van der Waals surface area contributed by atoms with Crippen LogP contribution in [-0.2, 0) is 10.2 Å². The monoisotopic (exact) mass is 257 g/mol. The minimum Gasteiger partial charge on any atom is -0.462 e. The molecule has 0 radical (unpaired) electrons. The van der Waals surface area contributed by atoms with Crippen LogP contribution in [0, 0.1) is 11.3 Å². The largest absolute Gasteiger partial charge is 0.462 e. The molecule has 0 heterocycles. The van der Waals surface area contributed by atoms with Crippen molar-refractivity contribution in [3.63, 3.8) is 0 Å². The summed E-state index contributed by atoms with van der Waals surface area (Å²) in [5, 5.41) is 9.56. The van der Waals surface area contributed by atoms with E-state index in [-0.39, 0.29) is 5.97 Å². The van der Waals surface area contributed by atoms with Gasteiger partial charge in [-0.2, -0.15) is 5.26 Å². The molecule has 2 rings (SSSR count). The van der Waals surface area contributed by atoms with Crippen molar-refractivity contribution in [3.8, 4) is 6.07 Å². The molecule has 0 bridgehead atoms. The first-order valence-corrected chi connectivity index (χ1v) is 6.91. The number of carbonyl (C=O) groups is 1. The van der Waals surface area contributed by atoms with E-state index in [9.17, 15) is 10.1 Å². The molecule has 1 aliphatic carbocycles. The number of hydrogen-bond acceptors (Lipinski definition) is 3. The van der Waals surface area contributed by atoms with Gasteiger partial charge in [0.25, 0.3) is 0 Å². The maximum absolute atomic E-state index is 11.8. The second kappa shape index (κ2) is 5.88. The van der Waals surface area contributed by atoms with Crippen LogP contribution in [0.1, 0.15) is 54.9 Å². The third-order valence-electron chi connectivity index (χ3n) is 3.85. The van der Waals surface area contributed by atoms with E-state index in [2.05, 4.69) is 6.07 Å². The average molecular weight is 257 g/mol. The third-order valence-corrected chi connectivity index (χ3v) is 3.85. The Morgan fingerprint density at radius 2 is 2.11 bits per heavy atom. The van der Waals surface area contributed by atoms with E-state index >= 15 is 0 Å². The molecule has 0 N–H and O–H groups in total. The Bertz CT molecular complexity index is 496. The number of ether oxygens (including phenoxy) is 1. The Hall–Kier alpha value is -1.82. The molecule has 0 spiro atoms. The molecule has 100 valence electrons. The van der Waals surface area contributed by atoms with Crippen molar-refractivity contribution in [1.29, 1.82) is 5.26 Å². The molecule has 19 heavy (non-hydrogen) atoms. The summed E-state index contributed by atoms with van der Waals surface area (Å²) >= 11 is 0. The van der Waals surface area contributed by atoms with E-state index < -0.39 is 5.41 Å². The number of rotatable bonds is 3. The highest BCUT2D eigenvalue weighted by molar-refractivity contribution is 5.89. The van der Waals surface area contributed by atoms with E-state index in [1.807, 2.05) is 18.2 Å². The van der Waals surface area contributed by atoms with Crippen molar-refractivity contribution >= 4 is 5.97 Å². The number of benzene rings is 1. The summed E-state index contributed by atoms with van der Waals surface area (Å²) in [5.41, 5.74) is 1.08. The minimum absolute atomic E-state index is 0.312. The van der Waals surface area contributed by atoms with Crippen LogP contribution in [0.15, 0.2) is 24.3 Å². The van der Waals surface area contributed by atoms with Crippen molar-refractivity contribution in [2.75, 3.05) is 6.61 Å². The van der Waals surface area contributed by atoms with Gasteiger partial charge in [0.2, 0.25) is 0 Å². The molecule has 0 atom stereocenters. The van der Waals surface area contributed by atoms with Gasteiger partial charge in [-0.15, -0.1) is 0 Å². The lowest BCUT2D eigenvalue weighted by Crippen LogP contribution is -2.27. The molecule has 1 aromatic rings. The zero-order valence-electron chi connectivity index (χ0n) is 11.3. The van der Waals surface area contributed by atoms with Gasteiger partial charge in [0.1, 0.15) is 0 Å². The molecule has 0 amide bonds. The molecule has 1 saturated carbocycles. The topological polar surface area (TPSA) is 50.1 Å². The summed E-state index contributed by atoms with van der Waals surface area (Å²) in [6.07, 6.45) is 5.13. The Morgan fingerprint density at radius 3 is 2.74 bits per heavy atom. The van der Waals surface area contributed by atoms with Gasteiger partial charge in [-0.25, -0.2) is 4.79 Å². The van der Waals surface area contributed by atoms with E-state index in [4.69, 9.17) is 4.74 Å². The van der Waals surface area contributed by atoms with Crippen molar-refractivity contribution in [2.45, 2.75) is 44.4 Å². The third kappa shape index (κ3) is 2.78. The molecular weight excluding hydrogens is 238 g/mol. The Kier molecular flexibility index (Phi) is 4.21. The van der Waals surface area contributed by atoms with Crippen LogP contribution < -0.4 is 0 Å². The lowest BCUT2D eigenvalue weighted by Gasteiger charge is -2.31. The van der Waals surface area contributed by atoms with Gasteiger partial charge >= 0.3 is 5.97 Å². The summed E-state index contributed by atoms with van der Waals surface area (Å²) in [6, 6.07) is 9.85. The average Bonchev–Trinajstić information content (AvgIpc) is 2.48. The lowest BCUT2D eigenvalue weighted by atomic mass is 9.70. The first-order valence-electron chi connectivity index (χ1n) is 6.91. The smallest absolute Gasteiger partial charge is 0.338 e. The van der Waals surface area contributed by atoms with Crippen LogP contribution in [0.4, 0.5) is 0 Å². The number of hydrogen-bond donors (Lipinski definition) is 0. The van der Waals surface area contributed by atoms with Crippen LogP contribution in [0.25, 0.3) is 0 Å². The fraction of sp³-hybridized carbons (Fsp3) is 0.500. The SMILES string of the molecule is CCOC(=O)c1cccc(C2(C#N)CCCCC2)c1. The molecule has 1 fully saturated rings. The molecule has 0 unspecified atom stereocenters. The summed E-state index contributed by atoms with van der Waals surface area (Å²) < 4.78 is 5.01. The van der Waals surface area contributed by atoms with Gasteiger partial charge < -0.3 is 4.74 Å². The van der Waals surface area contributed by atoms with Crippen LogP contribution in [-0.4, -0.2) is 12.6 Å². The van der Waals surface area contributed by atoms with Crippen LogP contribution >= 0.6 is 0 Å². The molecule has 3 nitrogen and oxygen atoms in total. The highest BCUT2D eigenvalue weighted by Crippen LogP contribution is 2.39. The normalized spacial score (nSPS) is 17.5. The van der Waals surface area contributed by atoms with Crippen molar-refractivity contribution in [1.82, 2.24) is 0 Å². The number of nitriles is 1. The molecule has 0 saturated heterocycles. The second-order valence-electron chi connectivity index (χ2n) is 5.06. The predicted octanol–water partition coefficient (Wildman–Crippen LogP) is 3.59. The fourth-order valence-corrected chi connectivity index (χ4v) is 2.78. The van der Waals surface area contributed by atoms with E-state index in [0.717, 1.165) is 31.2 Å². The van der Waals surface area contributed by atoms with Gasteiger partial charge in [-0.3, -0.25) is 0 Å². The van der Waals surface area contributed by atoms with Gasteiger partial charge in [0.15, 0.2) is 0 Å². The fourth-order valence-electron chi connectivity index (χ4n) is 2.78. The van der Waals surface area contributed by atoms with E-state index in [0.29, 0.717) is 12.2 Å². The number of nitrogens with zero attached hydrogens (tertiary/aromatic N) is 1. The quantitative estimate of drug-likeness (QED) is 0.777. The number of carbonyl (C=O) groups excluding carboxylic acids is 1. The molecule has 1 aromatic carbocycles. The highest BCUT2D eigenvalue weighted by atomic mass is 16.5. The summed E-state index contributed by atoms with van der Waals surface area (Å²) in [6.45, 7) is 2.16. The molecule has 0 aromatic heterocycles. The first-order chi connectivity index (χ1) is 9.22. The van der Waals surface area contributed by atoms with E-state index in [1.165, 1.54) is 6.42 Å². The zero-order valence-corrected chi connectivity index (χ0v) is 11.3. The van der Waals surface area contributed by atoms with Crippen molar-refractivity contribution < 1.29 is 9.53 Å². The van der Waals surface area contributed by atoms with Crippen LogP contribution in [0.3, 0.4) is 0 Å². The van der Waals surface area contributed by atoms with Gasteiger partial charge in [0.05, 0.1) is 23.7 Å². The summed E-state index contributed by atoms with van der Waals surface area (Å²) in [7, 11) is 0. The summed E-state index contributed by atoms with van der Waals surface area (Å²) in [4.78, 5) is 11.8. The lowest BCUT2D eigenvalue weighted by molar-refractivity contribution is 0.0526. The minimum atomic E-state index is -0.416. The Labute approximate surface area is 114 Å². The molecule has 1 aliphatic rings. The van der Waals surface area contributed by atoms with Crippen molar-refractivity contribution in [2.24, 2.45) is 0 Å². The van der Waals surface area contributed by atoms with Gasteiger partial charge in [-0.05, 0) is 37.5 Å². The maximum atomic E-state index is 11.8. The standard InChI is InChI=1S/C16H19NO2/c1-2-19-15(18)13-7-6-8-14(11-13)16(12-17)9-4-3-5-10-16/h6-8,11H,2-5,9-10H2,1H3. The maximum Gasteiger partial charge on any atom is 0.338 e. The van der Waals surface area contributed by atoms with Gasteiger partial charge in [0, 0.05) is 0 Å². The zero-order chi connectivity index (χ0) is 13.7. The Morgan fingerprint density at radius 1 is 1.37 bits per heavy atom. The summed E-state index contributed by atoms with van der Waals surface area (Å²) in [5.74, 6) is -0.312. The molecule has 0 aliphatic heterocycles. The highest BCUT2D eigenvalue weighted by Gasteiger charge is 2.34. The number of esters is 1. The second-order valence-corrected chi connectivity index (χ2v) is 5.06. The molecular formula is C16H19NO2. The van der Waals surface area contributed by atoms with Crippen molar-refractivity contribution in [3.05, 3.63) is 35.4 Å². The Balaban J connectivity index is 2.32. The van der Waals surface area contributed by atoms with Crippen LogP contribution in [0.5, 0.6) is 0 Å². The van der Waals surface area contributed by atoms with Gasteiger partial charge in [-0.1, -0.05) is 31.4 Å². The first kappa shape index (κ1) is 13.6. The molecule has 3 heteroatoms. The predicted molar refractivity (Wildman–Crippen MR) is 72.8 cm³/mol. The van der Waals surface area contributed by atoms with E-state index in [1.54, 1.807) is 13.0 Å². The van der Waals surface area contributed by atoms with Crippen LogP contribution in [0.2, 0.25) is 0 Å².